The number of carbonyl (C=O) groups excluding carboxylic acids is 1. The lowest BCUT2D eigenvalue weighted by molar-refractivity contribution is 0.101. The van der Waals surface area contributed by atoms with Crippen LogP contribution in [0.15, 0.2) is 29.8 Å². The topological polar surface area (TPSA) is 17.1 Å². The summed E-state index contributed by atoms with van der Waals surface area (Å²) in [4.78, 5) is 11.4. The molecule has 1 nitrogen and oxygen atoms in total. The molecule has 0 unspecified atom stereocenters. The van der Waals surface area contributed by atoms with Crippen LogP contribution in [0.3, 0.4) is 0 Å². The monoisotopic (exact) mass is 202 g/mol. The lowest BCUT2D eigenvalue weighted by Crippen LogP contribution is -1.95. The summed E-state index contributed by atoms with van der Waals surface area (Å²) in [6.45, 7) is 5.89. The average Bonchev–Trinajstić information content (AvgIpc) is 2.18. The second-order valence-electron chi connectivity index (χ2n) is 3.88. The SMILES string of the molecule is CCC/C(C)=C/c1ccccc1C(C)=O. The quantitative estimate of drug-likeness (QED) is 0.672. The number of ketones is 1. The first-order chi connectivity index (χ1) is 7.15. The molecule has 0 fully saturated rings. The predicted octanol–water partition coefficient (Wildman–Crippen LogP) is 4.09. The summed E-state index contributed by atoms with van der Waals surface area (Å²) in [6.07, 6.45) is 4.34. The van der Waals surface area contributed by atoms with E-state index in [0.29, 0.717) is 0 Å². The molecule has 0 aliphatic rings. The van der Waals surface area contributed by atoms with Crippen LogP contribution in [0.4, 0.5) is 0 Å². The van der Waals surface area contributed by atoms with Gasteiger partial charge >= 0.3 is 0 Å². The zero-order chi connectivity index (χ0) is 11.3. The zero-order valence-corrected chi connectivity index (χ0v) is 9.71. The summed E-state index contributed by atoms with van der Waals surface area (Å²) in [7, 11) is 0. The van der Waals surface area contributed by atoms with Crippen molar-refractivity contribution in [2.45, 2.75) is 33.6 Å². The molecule has 0 aliphatic carbocycles. The van der Waals surface area contributed by atoms with Crippen molar-refractivity contribution in [3.05, 3.63) is 41.0 Å². The van der Waals surface area contributed by atoms with Gasteiger partial charge in [-0.25, -0.2) is 0 Å². The summed E-state index contributed by atoms with van der Waals surface area (Å²) in [6, 6.07) is 7.75. The second kappa shape index (κ2) is 5.50. The smallest absolute Gasteiger partial charge is 0.160 e. The fraction of sp³-hybridized carbons (Fsp3) is 0.357. The summed E-state index contributed by atoms with van der Waals surface area (Å²) >= 11 is 0. The van der Waals surface area contributed by atoms with Crippen LogP contribution in [0.5, 0.6) is 0 Å². The van der Waals surface area contributed by atoms with Crippen LogP contribution >= 0.6 is 0 Å². The molecule has 0 atom stereocenters. The lowest BCUT2D eigenvalue weighted by Gasteiger charge is -2.03. The molecule has 80 valence electrons. The Morgan fingerprint density at radius 2 is 1.93 bits per heavy atom. The first-order valence-corrected chi connectivity index (χ1v) is 5.42. The highest BCUT2D eigenvalue weighted by molar-refractivity contribution is 5.97. The Hall–Kier alpha value is -1.37. The summed E-state index contributed by atoms with van der Waals surface area (Å²) in [5.41, 5.74) is 3.18. The van der Waals surface area contributed by atoms with Crippen molar-refractivity contribution < 1.29 is 4.79 Å². The molecule has 0 amide bonds. The number of allylic oxidation sites excluding steroid dienone is 1. The molecule has 0 aliphatic heterocycles. The Labute approximate surface area is 91.8 Å². The maximum absolute atomic E-state index is 11.4. The molecule has 0 saturated carbocycles. The van der Waals surface area contributed by atoms with Gasteiger partial charge in [0.1, 0.15) is 0 Å². The highest BCUT2D eigenvalue weighted by Crippen LogP contribution is 2.15. The summed E-state index contributed by atoms with van der Waals surface area (Å²) in [5, 5.41) is 0. The minimum atomic E-state index is 0.131. The Bertz CT molecular complexity index is 375. The van der Waals surface area contributed by atoms with Gasteiger partial charge in [-0.15, -0.1) is 0 Å². The highest BCUT2D eigenvalue weighted by Gasteiger charge is 2.03. The molecule has 0 saturated heterocycles. The van der Waals surface area contributed by atoms with E-state index >= 15 is 0 Å². The standard InChI is InChI=1S/C14H18O/c1-4-7-11(2)10-13-8-5-6-9-14(13)12(3)15/h5-6,8-10H,4,7H2,1-3H3/b11-10+. The van der Waals surface area contributed by atoms with E-state index in [4.69, 9.17) is 0 Å². The average molecular weight is 202 g/mol. The lowest BCUT2D eigenvalue weighted by atomic mass is 10.0. The minimum Gasteiger partial charge on any atom is -0.294 e. The maximum atomic E-state index is 11.4. The molecule has 0 aromatic heterocycles. The Morgan fingerprint density at radius 1 is 1.27 bits per heavy atom. The van der Waals surface area contributed by atoms with Crippen LogP contribution < -0.4 is 0 Å². The second-order valence-corrected chi connectivity index (χ2v) is 3.88. The molecule has 15 heavy (non-hydrogen) atoms. The van der Waals surface area contributed by atoms with E-state index in [1.54, 1.807) is 6.92 Å². The third-order valence-electron chi connectivity index (χ3n) is 2.39. The van der Waals surface area contributed by atoms with Gasteiger partial charge < -0.3 is 0 Å². The molecular weight excluding hydrogens is 184 g/mol. The van der Waals surface area contributed by atoms with Gasteiger partial charge in [0.2, 0.25) is 0 Å². The van der Waals surface area contributed by atoms with Crippen LogP contribution in [0.1, 0.15) is 49.5 Å². The van der Waals surface area contributed by atoms with E-state index in [-0.39, 0.29) is 5.78 Å². The number of carbonyl (C=O) groups is 1. The number of Topliss-reactive ketones (excluding diaryl/α,β-unsaturated/α-hetero) is 1. The van der Waals surface area contributed by atoms with Crippen LogP contribution in [-0.2, 0) is 0 Å². The summed E-state index contributed by atoms with van der Waals surface area (Å²) < 4.78 is 0. The van der Waals surface area contributed by atoms with Crippen molar-refractivity contribution in [2.24, 2.45) is 0 Å². The van der Waals surface area contributed by atoms with Crippen molar-refractivity contribution in [3.8, 4) is 0 Å². The minimum absolute atomic E-state index is 0.131. The van der Waals surface area contributed by atoms with Gasteiger partial charge in [-0.2, -0.15) is 0 Å². The van der Waals surface area contributed by atoms with E-state index in [1.165, 1.54) is 5.57 Å². The van der Waals surface area contributed by atoms with Crippen molar-refractivity contribution >= 4 is 11.9 Å². The number of benzene rings is 1. The Morgan fingerprint density at radius 3 is 2.53 bits per heavy atom. The third kappa shape index (κ3) is 3.35. The molecule has 0 N–H and O–H groups in total. The molecular formula is C14H18O. The van der Waals surface area contributed by atoms with E-state index in [0.717, 1.165) is 24.0 Å². The Kier molecular flexibility index (Phi) is 4.29. The number of hydrogen-bond acceptors (Lipinski definition) is 1. The van der Waals surface area contributed by atoms with Crippen molar-refractivity contribution in [1.82, 2.24) is 0 Å². The van der Waals surface area contributed by atoms with Gasteiger partial charge in [-0.1, -0.05) is 49.3 Å². The molecule has 1 heteroatoms. The van der Waals surface area contributed by atoms with Gasteiger partial charge in [0, 0.05) is 5.56 Å². The van der Waals surface area contributed by atoms with Gasteiger partial charge in [-0.3, -0.25) is 4.79 Å². The third-order valence-corrected chi connectivity index (χ3v) is 2.39. The zero-order valence-electron chi connectivity index (χ0n) is 9.71. The molecule has 0 bridgehead atoms. The van der Waals surface area contributed by atoms with E-state index < -0.39 is 0 Å². The Balaban J connectivity index is 3.03. The molecule has 1 aromatic rings. The van der Waals surface area contributed by atoms with Gasteiger partial charge in [0.25, 0.3) is 0 Å². The molecule has 1 rings (SSSR count). The van der Waals surface area contributed by atoms with E-state index in [2.05, 4.69) is 19.9 Å². The van der Waals surface area contributed by atoms with Crippen LogP contribution in [0.25, 0.3) is 6.08 Å². The number of hydrogen-bond donors (Lipinski definition) is 0. The van der Waals surface area contributed by atoms with Gasteiger partial charge in [-0.05, 0) is 25.8 Å². The van der Waals surface area contributed by atoms with E-state index in [1.807, 2.05) is 24.3 Å². The maximum Gasteiger partial charge on any atom is 0.160 e. The molecule has 0 heterocycles. The molecule has 1 aromatic carbocycles. The molecule has 0 radical (unpaired) electrons. The van der Waals surface area contributed by atoms with E-state index in [9.17, 15) is 4.79 Å². The van der Waals surface area contributed by atoms with Crippen LogP contribution in [0.2, 0.25) is 0 Å². The highest BCUT2D eigenvalue weighted by atomic mass is 16.1. The normalized spacial score (nSPS) is 11.5. The molecule has 0 spiro atoms. The number of rotatable bonds is 4. The van der Waals surface area contributed by atoms with Crippen LogP contribution in [0, 0.1) is 0 Å². The first-order valence-electron chi connectivity index (χ1n) is 5.42. The predicted molar refractivity (Wildman–Crippen MR) is 65.0 cm³/mol. The largest absolute Gasteiger partial charge is 0.294 e. The van der Waals surface area contributed by atoms with Crippen molar-refractivity contribution in [1.29, 1.82) is 0 Å². The van der Waals surface area contributed by atoms with Crippen molar-refractivity contribution in [2.75, 3.05) is 0 Å². The summed E-state index contributed by atoms with van der Waals surface area (Å²) in [5.74, 6) is 0.131. The first kappa shape index (κ1) is 11.7. The fourth-order valence-electron chi connectivity index (χ4n) is 1.68. The van der Waals surface area contributed by atoms with Gasteiger partial charge in [0.05, 0.1) is 0 Å². The fourth-order valence-corrected chi connectivity index (χ4v) is 1.68. The van der Waals surface area contributed by atoms with Crippen molar-refractivity contribution in [3.63, 3.8) is 0 Å². The van der Waals surface area contributed by atoms with Gasteiger partial charge in [0.15, 0.2) is 5.78 Å². The van der Waals surface area contributed by atoms with Crippen LogP contribution in [-0.4, -0.2) is 5.78 Å².